The lowest BCUT2D eigenvalue weighted by Gasteiger charge is -1.99. The van der Waals surface area contributed by atoms with E-state index in [9.17, 15) is 4.39 Å². The molecule has 7 nitrogen and oxygen atoms in total. The molecule has 18 heavy (non-hydrogen) atoms. The summed E-state index contributed by atoms with van der Waals surface area (Å²) in [6.45, 7) is 0.155. The van der Waals surface area contributed by atoms with E-state index < -0.39 is 0 Å². The maximum atomic E-state index is 12.6. The molecule has 1 aromatic carbocycles. The smallest absolute Gasteiger partial charge is 0.303 e. The van der Waals surface area contributed by atoms with Crippen LogP contribution in [-0.2, 0) is 11.4 Å². The maximum Gasteiger partial charge on any atom is 0.303 e. The highest BCUT2D eigenvalue weighted by Gasteiger charge is 2.17. The van der Waals surface area contributed by atoms with Gasteiger partial charge in [-0.2, -0.15) is 0 Å². The number of nitrogens with zero attached hydrogens (tertiary/aromatic N) is 2. The van der Waals surface area contributed by atoms with E-state index in [2.05, 4.69) is 20.1 Å². The number of nitrogen functional groups attached to an aromatic ring is 1. The molecule has 0 saturated carbocycles. The molecule has 2 aromatic rings. The quantitative estimate of drug-likeness (QED) is 0.453. The van der Waals surface area contributed by atoms with E-state index in [0.29, 0.717) is 0 Å². The monoisotopic (exact) mass is 252 g/mol. The second-order valence-corrected chi connectivity index (χ2v) is 3.42. The number of benzene rings is 1. The van der Waals surface area contributed by atoms with E-state index in [4.69, 9.17) is 16.3 Å². The topological polar surface area (TPSA) is 114 Å². The van der Waals surface area contributed by atoms with Gasteiger partial charge in [-0.15, -0.1) is 4.63 Å². The van der Waals surface area contributed by atoms with Crippen molar-refractivity contribution in [3.05, 3.63) is 41.3 Å². The first kappa shape index (κ1) is 11.8. The second-order valence-electron chi connectivity index (χ2n) is 3.42. The Labute approximate surface area is 101 Å². The van der Waals surface area contributed by atoms with Crippen molar-refractivity contribution in [2.24, 2.45) is 10.9 Å². The highest BCUT2D eigenvalue weighted by molar-refractivity contribution is 5.98. The largest absolute Gasteiger partial charge is 0.389 e. The Kier molecular flexibility index (Phi) is 3.37. The van der Waals surface area contributed by atoms with Crippen LogP contribution < -0.4 is 16.6 Å². The standard InChI is InChI=1S/C10H10FN5O2/c11-7-3-1-6(2-4-7)5-17-15-9(12)8-10(13)16-18-14-8/h1-4H,5H2,(H2,12,15)(H2,13,16)/p+1. The van der Waals surface area contributed by atoms with Gasteiger partial charge in [0.2, 0.25) is 5.84 Å². The normalized spacial score (nSPS) is 11.5. The van der Waals surface area contributed by atoms with Crippen molar-refractivity contribution in [2.75, 3.05) is 5.73 Å². The van der Waals surface area contributed by atoms with Crippen LogP contribution in [0, 0.1) is 5.82 Å². The van der Waals surface area contributed by atoms with Gasteiger partial charge in [0.1, 0.15) is 12.4 Å². The lowest BCUT2D eigenvalue weighted by molar-refractivity contribution is -0.610. The summed E-state index contributed by atoms with van der Waals surface area (Å²) >= 11 is 0. The molecule has 0 spiro atoms. The predicted octanol–water partition coefficient (Wildman–Crippen LogP) is 0.0471. The van der Waals surface area contributed by atoms with E-state index >= 15 is 0 Å². The fourth-order valence-corrected chi connectivity index (χ4v) is 1.20. The molecule has 0 fully saturated rings. The van der Waals surface area contributed by atoms with Crippen LogP contribution in [0.1, 0.15) is 11.3 Å². The number of halogens is 1. The second kappa shape index (κ2) is 5.13. The predicted molar refractivity (Wildman–Crippen MR) is 59.4 cm³/mol. The lowest BCUT2D eigenvalue weighted by atomic mass is 10.2. The summed E-state index contributed by atoms with van der Waals surface area (Å²) in [4.78, 5) is 4.99. The van der Waals surface area contributed by atoms with Gasteiger partial charge >= 0.3 is 11.5 Å². The Hall–Kier alpha value is -2.64. The molecule has 0 saturated heterocycles. The summed E-state index contributed by atoms with van der Waals surface area (Å²) in [5, 5.41) is 9.43. The van der Waals surface area contributed by atoms with Crippen LogP contribution in [0.2, 0.25) is 0 Å². The number of hydrogen-bond donors (Lipinski definition) is 2. The first-order valence-corrected chi connectivity index (χ1v) is 5.00. The fraction of sp³-hybridized carbons (Fsp3) is 0.100. The van der Waals surface area contributed by atoms with Crippen molar-refractivity contribution < 1.29 is 19.0 Å². The van der Waals surface area contributed by atoms with Gasteiger partial charge in [0.25, 0.3) is 0 Å². The average molecular weight is 252 g/mol. The number of H-pyrrole nitrogens is 1. The van der Waals surface area contributed by atoms with E-state index in [1.807, 2.05) is 0 Å². The van der Waals surface area contributed by atoms with Crippen molar-refractivity contribution in [3.63, 3.8) is 0 Å². The Balaban J connectivity index is 1.95. The van der Waals surface area contributed by atoms with Crippen LogP contribution in [0.5, 0.6) is 0 Å². The van der Waals surface area contributed by atoms with Crippen molar-refractivity contribution in [2.45, 2.75) is 6.61 Å². The molecular weight excluding hydrogens is 241 g/mol. The number of amidine groups is 1. The zero-order valence-corrected chi connectivity index (χ0v) is 9.26. The van der Waals surface area contributed by atoms with Crippen molar-refractivity contribution in [3.8, 4) is 0 Å². The number of aromatic amines is 1. The minimum atomic E-state index is -0.312. The average Bonchev–Trinajstić information content (AvgIpc) is 2.78. The summed E-state index contributed by atoms with van der Waals surface area (Å²) in [6, 6.07) is 5.82. The molecule has 0 unspecified atom stereocenters. The summed E-state index contributed by atoms with van der Waals surface area (Å²) < 4.78 is 17.1. The van der Waals surface area contributed by atoms with E-state index in [0.717, 1.165) is 5.56 Å². The number of oxime groups is 1. The summed E-state index contributed by atoms with van der Waals surface area (Å²) in [7, 11) is 0. The van der Waals surface area contributed by atoms with E-state index in [-0.39, 0.29) is 29.8 Å². The zero-order chi connectivity index (χ0) is 13.0. The lowest BCUT2D eigenvalue weighted by Crippen LogP contribution is -2.18. The molecule has 0 atom stereocenters. The maximum absolute atomic E-state index is 12.6. The Morgan fingerprint density at radius 2 is 2.17 bits per heavy atom. The van der Waals surface area contributed by atoms with Crippen LogP contribution >= 0.6 is 0 Å². The first-order chi connectivity index (χ1) is 8.66. The highest BCUT2D eigenvalue weighted by Crippen LogP contribution is 2.05. The third-order valence-electron chi connectivity index (χ3n) is 2.10. The number of nitrogens with one attached hydrogen (secondary N) is 1. The summed E-state index contributed by atoms with van der Waals surface area (Å²) in [5.41, 5.74) is 12.0. The van der Waals surface area contributed by atoms with Crippen LogP contribution in [0.3, 0.4) is 0 Å². The highest BCUT2D eigenvalue weighted by atomic mass is 19.1. The first-order valence-electron chi connectivity index (χ1n) is 5.00. The van der Waals surface area contributed by atoms with Gasteiger partial charge in [0.05, 0.1) is 5.16 Å². The molecule has 0 aliphatic heterocycles. The summed E-state index contributed by atoms with van der Waals surface area (Å²) in [6.07, 6.45) is 0. The molecular formula is C10H11FN5O2+. The van der Waals surface area contributed by atoms with Gasteiger partial charge in [0, 0.05) is 0 Å². The van der Waals surface area contributed by atoms with Gasteiger partial charge < -0.3 is 16.3 Å². The van der Waals surface area contributed by atoms with Crippen molar-refractivity contribution in [1.82, 2.24) is 5.16 Å². The van der Waals surface area contributed by atoms with E-state index in [1.165, 1.54) is 12.1 Å². The van der Waals surface area contributed by atoms with Gasteiger partial charge in [-0.3, -0.25) is 0 Å². The van der Waals surface area contributed by atoms with Crippen LogP contribution in [0.25, 0.3) is 0 Å². The molecule has 8 heteroatoms. The molecule has 0 amide bonds. The number of rotatable bonds is 4. The Morgan fingerprint density at radius 3 is 2.78 bits per heavy atom. The molecule has 1 heterocycles. The van der Waals surface area contributed by atoms with Gasteiger partial charge in [-0.05, 0) is 17.7 Å². The molecule has 0 bridgehead atoms. The van der Waals surface area contributed by atoms with Crippen LogP contribution in [-0.4, -0.2) is 11.0 Å². The van der Waals surface area contributed by atoms with E-state index in [1.54, 1.807) is 12.1 Å². The Bertz CT molecular complexity index is 552. The zero-order valence-electron chi connectivity index (χ0n) is 9.26. The van der Waals surface area contributed by atoms with Gasteiger partial charge in [-0.1, -0.05) is 22.4 Å². The van der Waals surface area contributed by atoms with Crippen molar-refractivity contribution >= 4 is 11.7 Å². The van der Waals surface area contributed by atoms with Gasteiger partial charge in [-0.25, -0.2) is 4.39 Å². The third kappa shape index (κ3) is 2.73. The minimum absolute atomic E-state index is 0.0142. The van der Waals surface area contributed by atoms with Crippen LogP contribution in [0.15, 0.2) is 34.1 Å². The number of anilines is 1. The summed E-state index contributed by atoms with van der Waals surface area (Å²) in [5.74, 6) is -0.172. The Morgan fingerprint density at radius 1 is 1.44 bits per heavy atom. The minimum Gasteiger partial charge on any atom is -0.389 e. The molecule has 0 aliphatic rings. The third-order valence-corrected chi connectivity index (χ3v) is 2.10. The van der Waals surface area contributed by atoms with Gasteiger partial charge in [0.15, 0.2) is 0 Å². The molecule has 94 valence electrons. The molecule has 2 rings (SSSR count). The number of aromatic nitrogens is 2. The molecule has 1 aromatic heterocycles. The molecule has 5 N–H and O–H groups in total. The fourth-order valence-electron chi connectivity index (χ4n) is 1.20. The van der Waals surface area contributed by atoms with Crippen LogP contribution in [0.4, 0.5) is 10.2 Å². The SMILES string of the molecule is NC(=NOCc1ccc(F)cc1)c1no[nH+]c1N. The number of hydrogen-bond acceptors (Lipinski definition) is 5. The van der Waals surface area contributed by atoms with Crippen molar-refractivity contribution in [1.29, 1.82) is 0 Å². The molecule has 0 radical (unpaired) electrons. The molecule has 0 aliphatic carbocycles. The number of nitrogens with two attached hydrogens (primary N) is 2.